The van der Waals surface area contributed by atoms with Gasteiger partial charge in [-0.3, -0.25) is 4.79 Å². The van der Waals surface area contributed by atoms with Gasteiger partial charge in [0, 0.05) is 22.0 Å². The molecule has 0 saturated carbocycles. The summed E-state index contributed by atoms with van der Waals surface area (Å²) in [5.41, 5.74) is 3.71. The van der Waals surface area contributed by atoms with Gasteiger partial charge in [0.15, 0.2) is 0 Å². The summed E-state index contributed by atoms with van der Waals surface area (Å²) in [6, 6.07) is 25.3. The van der Waals surface area contributed by atoms with Crippen LogP contribution in [0.2, 0.25) is 0 Å². The number of benzene rings is 3. The maximum absolute atomic E-state index is 13.2. The molecule has 5 heteroatoms. The van der Waals surface area contributed by atoms with Gasteiger partial charge in [-0.1, -0.05) is 76.6 Å². The third-order valence-electron chi connectivity index (χ3n) is 5.16. The van der Waals surface area contributed by atoms with Gasteiger partial charge in [0.1, 0.15) is 5.75 Å². The number of hydrazone groups is 1. The molecular weight excluding hydrogens is 416 g/mol. The van der Waals surface area contributed by atoms with E-state index in [-0.39, 0.29) is 11.8 Å². The molecule has 4 nitrogen and oxygen atoms in total. The van der Waals surface area contributed by atoms with E-state index in [4.69, 9.17) is 9.84 Å². The van der Waals surface area contributed by atoms with E-state index >= 15 is 0 Å². The van der Waals surface area contributed by atoms with Gasteiger partial charge < -0.3 is 4.74 Å². The van der Waals surface area contributed by atoms with Crippen LogP contribution in [0.4, 0.5) is 0 Å². The summed E-state index contributed by atoms with van der Waals surface area (Å²) >= 11 is 3.48. The Balaban J connectivity index is 1.56. The Morgan fingerprint density at radius 3 is 2.46 bits per heavy atom. The van der Waals surface area contributed by atoms with Crippen LogP contribution in [0.1, 0.15) is 33.9 Å². The van der Waals surface area contributed by atoms with Crippen LogP contribution in [-0.4, -0.2) is 22.7 Å². The van der Waals surface area contributed by atoms with Crippen molar-refractivity contribution in [1.82, 2.24) is 5.01 Å². The van der Waals surface area contributed by atoms with E-state index in [9.17, 15) is 4.79 Å². The van der Waals surface area contributed by atoms with Gasteiger partial charge in [0.25, 0.3) is 6.23 Å². The fourth-order valence-corrected chi connectivity index (χ4v) is 4.03. The Morgan fingerprint density at radius 2 is 1.68 bits per heavy atom. The molecule has 28 heavy (non-hydrogen) atoms. The van der Waals surface area contributed by atoms with Crippen LogP contribution in [0, 0.1) is 0 Å². The molecule has 0 fully saturated rings. The molecule has 0 radical (unpaired) electrons. The van der Waals surface area contributed by atoms with Crippen molar-refractivity contribution in [2.24, 2.45) is 5.10 Å². The van der Waals surface area contributed by atoms with Gasteiger partial charge in [-0.2, -0.15) is 5.10 Å². The first-order valence-electron chi connectivity index (χ1n) is 9.17. The molecule has 5 rings (SSSR count). The molecule has 0 unspecified atom stereocenters. The molecule has 0 N–H and O–H groups in total. The minimum absolute atomic E-state index is 0.0127. The molecule has 2 atom stereocenters. The molecule has 138 valence electrons. The number of fused-ring (bicyclic) bond motifs is 3. The van der Waals surface area contributed by atoms with Crippen molar-refractivity contribution in [3.05, 3.63) is 100 Å². The lowest BCUT2D eigenvalue weighted by atomic mass is 9.96. The Bertz CT molecular complexity index is 1060. The van der Waals surface area contributed by atoms with Crippen LogP contribution >= 0.6 is 15.9 Å². The average Bonchev–Trinajstić information content (AvgIpc) is 3.19. The van der Waals surface area contributed by atoms with Crippen molar-refractivity contribution < 1.29 is 9.53 Å². The number of ether oxygens (including phenoxy) is 1. The number of rotatable bonds is 3. The monoisotopic (exact) mass is 432 g/mol. The van der Waals surface area contributed by atoms with Crippen LogP contribution in [0.3, 0.4) is 0 Å². The quantitative estimate of drug-likeness (QED) is 0.533. The fourth-order valence-electron chi connectivity index (χ4n) is 3.77. The highest BCUT2D eigenvalue weighted by Gasteiger charge is 2.43. The van der Waals surface area contributed by atoms with Gasteiger partial charge in [0.2, 0.25) is 5.78 Å². The van der Waals surface area contributed by atoms with Crippen molar-refractivity contribution in [2.45, 2.75) is 18.7 Å². The minimum atomic E-state index is -0.768. The molecule has 2 heterocycles. The van der Waals surface area contributed by atoms with Crippen LogP contribution in [0.15, 0.2) is 88.4 Å². The largest absolute Gasteiger partial charge is 0.461 e. The van der Waals surface area contributed by atoms with Gasteiger partial charge in [-0.25, -0.2) is 5.01 Å². The minimum Gasteiger partial charge on any atom is -0.461 e. The second-order valence-electron chi connectivity index (χ2n) is 6.89. The molecule has 2 aliphatic rings. The summed E-state index contributed by atoms with van der Waals surface area (Å²) in [6.07, 6.45) is -0.0316. The number of ketones is 1. The number of nitrogens with zero attached hydrogens (tertiary/aromatic N) is 2. The smallest absolute Gasteiger partial charge is 0.251 e. The molecule has 0 amide bonds. The number of carbonyl (C=O) groups is 1. The highest BCUT2D eigenvalue weighted by atomic mass is 79.9. The molecular formula is C23H17BrN2O2. The zero-order chi connectivity index (χ0) is 19.1. The third kappa shape index (κ3) is 2.92. The predicted octanol–water partition coefficient (Wildman–Crippen LogP) is 5.20. The molecule has 0 spiro atoms. The van der Waals surface area contributed by atoms with Crippen LogP contribution < -0.4 is 4.74 Å². The maximum Gasteiger partial charge on any atom is 0.251 e. The van der Waals surface area contributed by atoms with Crippen molar-refractivity contribution >= 4 is 27.4 Å². The average molecular weight is 433 g/mol. The van der Waals surface area contributed by atoms with Gasteiger partial charge >= 0.3 is 0 Å². The summed E-state index contributed by atoms with van der Waals surface area (Å²) in [7, 11) is 0. The Hall–Kier alpha value is -2.92. The topological polar surface area (TPSA) is 41.9 Å². The molecule has 2 aliphatic heterocycles. The number of hydrogen-bond acceptors (Lipinski definition) is 4. The highest BCUT2D eigenvalue weighted by Crippen LogP contribution is 2.43. The van der Waals surface area contributed by atoms with E-state index < -0.39 is 6.23 Å². The molecule has 0 saturated heterocycles. The van der Waals surface area contributed by atoms with Gasteiger partial charge in [-0.15, -0.1) is 0 Å². The van der Waals surface area contributed by atoms with Crippen molar-refractivity contribution in [3.63, 3.8) is 0 Å². The van der Waals surface area contributed by atoms with Crippen LogP contribution in [0.5, 0.6) is 5.75 Å². The Morgan fingerprint density at radius 1 is 0.964 bits per heavy atom. The standard InChI is InChI=1S/C23H17BrN2O2/c24-17-12-10-15(11-13-17)19-14-20-18-8-4-5-9-21(18)28-23(26(20)25-19)22(27)16-6-2-1-3-7-16/h1-13,20,23H,14H2/t20-,23-/m0/s1. The second-order valence-corrected chi connectivity index (χ2v) is 7.81. The normalized spacial score (nSPS) is 20.0. The summed E-state index contributed by atoms with van der Waals surface area (Å²) in [5.74, 6) is 0.672. The van der Waals surface area contributed by atoms with Crippen LogP contribution in [-0.2, 0) is 0 Å². The second kappa shape index (κ2) is 6.91. The van der Waals surface area contributed by atoms with Crippen molar-refractivity contribution in [1.29, 1.82) is 0 Å². The number of carbonyl (C=O) groups excluding carboxylic acids is 1. The summed E-state index contributed by atoms with van der Waals surface area (Å²) in [5, 5.41) is 6.65. The number of halogens is 1. The van der Waals surface area contributed by atoms with E-state index in [1.54, 1.807) is 0 Å². The van der Waals surface area contributed by atoms with E-state index in [0.717, 1.165) is 33.5 Å². The molecule has 3 aromatic carbocycles. The molecule has 0 bridgehead atoms. The van der Waals surface area contributed by atoms with Gasteiger partial charge in [-0.05, 0) is 23.8 Å². The van der Waals surface area contributed by atoms with Crippen molar-refractivity contribution in [3.8, 4) is 5.75 Å². The summed E-state index contributed by atoms with van der Waals surface area (Å²) in [4.78, 5) is 13.2. The lowest BCUT2D eigenvalue weighted by Crippen LogP contribution is -2.45. The van der Waals surface area contributed by atoms with Crippen molar-refractivity contribution in [2.75, 3.05) is 0 Å². The molecule has 3 aromatic rings. The zero-order valence-electron chi connectivity index (χ0n) is 15.0. The van der Waals surface area contributed by atoms with E-state index in [2.05, 4.69) is 22.0 Å². The van der Waals surface area contributed by atoms with Gasteiger partial charge in [0.05, 0.1) is 11.8 Å². The zero-order valence-corrected chi connectivity index (χ0v) is 16.5. The molecule has 0 aromatic heterocycles. The number of hydrogen-bond donors (Lipinski definition) is 0. The van der Waals surface area contributed by atoms with E-state index in [1.165, 1.54) is 0 Å². The first-order valence-corrected chi connectivity index (χ1v) is 9.96. The Labute approximate surface area is 171 Å². The lowest BCUT2D eigenvalue weighted by molar-refractivity contribution is -0.00455. The van der Waals surface area contributed by atoms with E-state index in [0.29, 0.717) is 5.56 Å². The summed E-state index contributed by atoms with van der Waals surface area (Å²) < 4.78 is 7.15. The predicted molar refractivity (Wildman–Crippen MR) is 112 cm³/mol. The number of Topliss-reactive ketones (excluding diaryl/α,β-unsaturated/α-hetero) is 1. The lowest BCUT2D eigenvalue weighted by Gasteiger charge is -2.37. The third-order valence-corrected chi connectivity index (χ3v) is 5.69. The Kier molecular flexibility index (Phi) is 4.24. The van der Waals surface area contributed by atoms with E-state index in [1.807, 2.05) is 77.8 Å². The maximum atomic E-state index is 13.2. The fraction of sp³-hybridized carbons (Fsp3) is 0.130. The first-order chi connectivity index (χ1) is 13.7. The SMILES string of the molecule is O=C(c1ccccc1)[C@@H]1Oc2ccccc2[C@@H]2CC(c3ccc(Br)cc3)=NN12. The summed E-state index contributed by atoms with van der Waals surface area (Å²) in [6.45, 7) is 0. The number of para-hydroxylation sites is 1. The van der Waals surface area contributed by atoms with Crippen LogP contribution in [0.25, 0.3) is 0 Å². The molecule has 0 aliphatic carbocycles. The first kappa shape index (κ1) is 17.2. The highest BCUT2D eigenvalue weighted by molar-refractivity contribution is 9.10.